The SMILES string of the molecule is C#Cc1ccc(C)c(OCc2ccccc2)c1. The van der Waals surface area contributed by atoms with E-state index in [1.165, 1.54) is 0 Å². The van der Waals surface area contributed by atoms with Gasteiger partial charge in [-0.05, 0) is 30.2 Å². The minimum absolute atomic E-state index is 0.565. The standard InChI is InChI=1S/C16H14O/c1-3-14-10-9-13(2)16(11-14)17-12-15-7-5-4-6-8-15/h1,4-11H,12H2,2H3. The predicted molar refractivity (Wildman–Crippen MR) is 69.9 cm³/mol. The second kappa shape index (κ2) is 5.23. The maximum atomic E-state index is 5.77. The van der Waals surface area contributed by atoms with Crippen LogP contribution >= 0.6 is 0 Å². The van der Waals surface area contributed by atoms with Gasteiger partial charge in [0, 0.05) is 5.56 Å². The number of hydrogen-bond acceptors (Lipinski definition) is 1. The summed E-state index contributed by atoms with van der Waals surface area (Å²) in [5.41, 5.74) is 3.09. The fraction of sp³-hybridized carbons (Fsp3) is 0.125. The molecule has 84 valence electrons. The molecule has 2 aromatic carbocycles. The van der Waals surface area contributed by atoms with Gasteiger partial charge >= 0.3 is 0 Å². The van der Waals surface area contributed by atoms with E-state index >= 15 is 0 Å². The first kappa shape index (κ1) is 11.3. The molecule has 17 heavy (non-hydrogen) atoms. The number of terminal acetylenes is 1. The van der Waals surface area contributed by atoms with E-state index in [1.54, 1.807) is 0 Å². The Labute approximate surface area is 102 Å². The zero-order valence-corrected chi connectivity index (χ0v) is 9.81. The molecule has 0 amide bonds. The second-order valence-electron chi connectivity index (χ2n) is 3.90. The van der Waals surface area contributed by atoms with Gasteiger partial charge in [0.1, 0.15) is 12.4 Å². The minimum atomic E-state index is 0.565. The van der Waals surface area contributed by atoms with E-state index in [4.69, 9.17) is 11.2 Å². The van der Waals surface area contributed by atoms with Crippen LogP contribution in [0.2, 0.25) is 0 Å². The zero-order chi connectivity index (χ0) is 12.1. The van der Waals surface area contributed by atoms with Crippen molar-refractivity contribution in [1.29, 1.82) is 0 Å². The molecule has 1 nitrogen and oxygen atoms in total. The van der Waals surface area contributed by atoms with Gasteiger partial charge in [0.05, 0.1) is 0 Å². The summed E-state index contributed by atoms with van der Waals surface area (Å²) >= 11 is 0. The summed E-state index contributed by atoms with van der Waals surface area (Å²) in [5, 5.41) is 0. The Kier molecular flexibility index (Phi) is 3.47. The second-order valence-corrected chi connectivity index (χ2v) is 3.90. The van der Waals surface area contributed by atoms with Crippen LogP contribution in [-0.4, -0.2) is 0 Å². The van der Waals surface area contributed by atoms with Crippen LogP contribution in [0.15, 0.2) is 48.5 Å². The Hall–Kier alpha value is -2.20. The molecule has 0 aliphatic rings. The maximum absolute atomic E-state index is 5.77. The fourth-order valence-electron chi connectivity index (χ4n) is 1.58. The molecule has 0 spiro atoms. The number of rotatable bonds is 3. The highest BCUT2D eigenvalue weighted by Gasteiger charge is 2.01. The van der Waals surface area contributed by atoms with Crippen molar-refractivity contribution in [2.75, 3.05) is 0 Å². The minimum Gasteiger partial charge on any atom is -0.489 e. The normalized spacial score (nSPS) is 9.65. The van der Waals surface area contributed by atoms with Crippen LogP contribution in [0.5, 0.6) is 5.75 Å². The summed E-state index contributed by atoms with van der Waals surface area (Å²) in [4.78, 5) is 0. The Morgan fingerprint density at radius 1 is 1.12 bits per heavy atom. The van der Waals surface area contributed by atoms with Crippen LogP contribution in [0, 0.1) is 19.3 Å². The summed E-state index contributed by atoms with van der Waals surface area (Å²) < 4.78 is 5.77. The number of aryl methyl sites for hydroxylation is 1. The topological polar surface area (TPSA) is 9.23 Å². The van der Waals surface area contributed by atoms with Gasteiger partial charge in [-0.1, -0.05) is 42.3 Å². The highest BCUT2D eigenvalue weighted by Crippen LogP contribution is 2.20. The lowest BCUT2D eigenvalue weighted by molar-refractivity contribution is 0.304. The molecular formula is C16H14O. The third kappa shape index (κ3) is 2.89. The Morgan fingerprint density at radius 3 is 2.59 bits per heavy atom. The van der Waals surface area contributed by atoms with Gasteiger partial charge in [-0.15, -0.1) is 6.42 Å². The van der Waals surface area contributed by atoms with Crippen LogP contribution in [0.3, 0.4) is 0 Å². The molecule has 2 aromatic rings. The zero-order valence-electron chi connectivity index (χ0n) is 9.81. The third-order valence-electron chi connectivity index (χ3n) is 2.59. The summed E-state index contributed by atoms with van der Waals surface area (Å²) in [5.74, 6) is 3.46. The summed E-state index contributed by atoms with van der Waals surface area (Å²) in [7, 11) is 0. The summed E-state index contributed by atoms with van der Waals surface area (Å²) in [6.07, 6.45) is 5.37. The first-order chi connectivity index (χ1) is 8.29. The molecule has 0 heterocycles. The molecule has 2 rings (SSSR count). The smallest absolute Gasteiger partial charge is 0.123 e. The van der Waals surface area contributed by atoms with E-state index in [-0.39, 0.29) is 0 Å². The van der Waals surface area contributed by atoms with E-state index in [0.717, 1.165) is 22.4 Å². The van der Waals surface area contributed by atoms with Gasteiger partial charge in [-0.25, -0.2) is 0 Å². The first-order valence-electron chi connectivity index (χ1n) is 5.53. The molecule has 0 aliphatic carbocycles. The van der Waals surface area contributed by atoms with Crippen molar-refractivity contribution in [2.45, 2.75) is 13.5 Å². The molecule has 0 radical (unpaired) electrons. The van der Waals surface area contributed by atoms with Gasteiger partial charge in [-0.3, -0.25) is 0 Å². The average Bonchev–Trinajstić information content (AvgIpc) is 2.39. The molecule has 0 saturated carbocycles. The quantitative estimate of drug-likeness (QED) is 0.721. The lowest BCUT2D eigenvalue weighted by Crippen LogP contribution is -1.97. The van der Waals surface area contributed by atoms with Crippen molar-refractivity contribution >= 4 is 0 Å². The van der Waals surface area contributed by atoms with Crippen molar-refractivity contribution in [1.82, 2.24) is 0 Å². The molecule has 0 unspecified atom stereocenters. The van der Waals surface area contributed by atoms with E-state index in [2.05, 4.69) is 5.92 Å². The Balaban J connectivity index is 2.12. The maximum Gasteiger partial charge on any atom is 0.123 e. The van der Waals surface area contributed by atoms with Crippen LogP contribution in [0.4, 0.5) is 0 Å². The van der Waals surface area contributed by atoms with Gasteiger partial charge in [0.25, 0.3) is 0 Å². The Bertz CT molecular complexity index is 535. The van der Waals surface area contributed by atoms with Crippen molar-refractivity contribution < 1.29 is 4.74 Å². The molecular weight excluding hydrogens is 208 g/mol. The van der Waals surface area contributed by atoms with E-state index in [0.29, 0.717) is 6.61 Å². The van der Waals surface area contributed by atoms with Crippen LogP contribution in [0.25, 0.3) is 0 Å². The van der Waals surface area contributed by atoms with Crippen LogP contribution in [-0.2, 0) is 6.61 Å². The monoisotopic (exact) mass is 222 g/mol. The summed E-state index contributed by atoms with van der Waals surface area (Å²) in [6.45, 7) is 2.58. The van der Waals surface area contributed by atoms with Gasteiger partial charge < -0.3 is 4.74 Å². The van der Waals surface area contributed by atoms with Crippen molar-refractivity contribution in [3.05, 3.63) is 65.2 Å². The highest BCUT2D eigenvalue weighted by molar-refractivity contribution is 5.43. The molecule has 0 saturated heterocycles. The predicted octanol–water partition coefficient (Wildman–Crippen LogP) is 3.56. The van der Waals surface area contributed by atoms with E-state index in [1.807, 2.05) is 55.5 Å². The number of ether oxygens (including phenoxy) is 1. The average molecular weight is 222 g/mol. The van der Waals surface area contributed by atoms with E-state index < -0.39 is 0 Å². The number of hydrogen-bond donors (Lipinski definition) is 0. The largest absolute Gasteiger partial charge is 0.489 e. The molecule has 0 atom stereocenters. The number of benzene rings is 2. The third-order valence-corrected chi connectivity index (χ3v) is 2.59. The van der Waals surface area contributed by atoms with E-state index in [9.17, 15) is 0 Å². The molecule has 0 fully saturated rings. The van der Waals surface area contributed by atoms with Crippen LogP contribution < -0.4 is 4.74 Å². The summed E-state index contributed by atoms with van der Waals surface area (Å²) in [6, 6.07) is 15.9. The van der Waals surface area contributed by atoms with Gasteiger partial charge in [0.15, 0.2) is 0 Å². The lowest BCUT2D eigenvalue weighted by Gasteiger charge is -2.09. The molecule has 0 aliphatic heterocycles. The molecule has 0 N–H and O–H groups in total. The van der Waals surface area contributed by atoms with Gasteiger partial charge in [-0.2, -0.15) is 0 Å². The molecule has 0 bridgehead atoms. The van der Waals surface area contributed by atoms with Crippen molar-refractivity contribution in [3.63, 3.8) is 0 Å². The molecule has 1 heteroatoms. The molecule has 0 aromatic heterocycles. The Morgan fingerprint density at radius 2 is 1.88 bits per heavy atom. The highest BCUT2D eigenvalue weighted by atomic mass is 16.5. The van der Waals surface area contributed by atoms with Crippen molar-refractivity contribution in [2.24, 2.45) is 0 Å². The lowest BCUT2D eigenvalue weighted by atomic mass is 10.1. The fourth-order valence-corrected chi connectivity index (χ4v) is 1.58. The van der Waals surface area contributed by atoms with Crippen molar-refractivity contribution in [3.8, 4) is 18.1 Å². The van der Waals surface area contributed by atoms with Crippen LogP contribution in [0.1, 0.15) is 16.7 Å². The van der Waals surface area contributed by atoms with Gasteiger partial charge in [0.2, 0.25) is 0 Å². The first-order valence-corrected chi connectivity index (χ1v) is 5.53.